The van der Waals surface area contributed by atoms with Gasteiger partial charge in [-0.3, -0.25) is 4.79 Å². The molecule has 0 bridgehead atoms. The molecule has 0 radical (unpaired) electrons. The minimum Gasteiger partial charge on any atom is -0.497 e. The van der Waals surface area contributed by atoms with Crippen LogP contribution in [0.4, 0.5) is 10.1 Å². The van der Waals surface area contributed by atoms with Gasteiger partial charge in [-0.1, -0.05) is 0 Å². The summed E-state index contributed by atoms with van der Waals surface area (Å²) in [6.45, 7) is 0. The zero-order chi connectivity index (χ0) is 14.8. The summed E-state index contributed by atoms with van der Waals surface area (Å²) in [5.74, 6) is 0.0947. The standard InChI is InChI=1S/C16H13FN2O2/c1-21-13-6-4-12(5-7-13)18-16(20)15-8-10-2-3-11(17)9-14(10)19-15/h2-9,19H,1H3,(H,18,20). The van der Waals surface area contributed by atoms with Crippen LogP contribution in [-0.4, -0.2) is 18.0 Å². The van der Waals surface area contributed by atoms with Crippen molar-refractivity contribution in [3.63, 3.8) is 0 Å². The minimum atomic E-state index is -0.341. The fourth-order valence-electron chi connectivity index (χ4n) is 2.09. The number of carbonyl (C=O) groups is 1. The van der Waals surface area contributed by atoms with E-state index in [1.54, 1.807) is 43.5 Å². The van der Waals surface area contributed by atoms with Gasteiger partial charge in [0, 0.05) is 16.6 Å². The fraction of sp³-hybridized carbons (Fsp3) is 0.0625. The molecule has 2 aromatic carbocycles. The van der Waals surface area contributed by atoms with Gasteiger partial charge in [0.05, 0.1) is 7.11 Å². The van der Waals surface area contributed by atoms with E-state index in [1.807, 2.05) is 0 Å². The zero-order valence-corrected chi connectivity index (χ0v) is 11.3. The highest BCUT2D eigenvalue weighted by molar-refractivity contribution is 6.05. The number of halogens is 1. The molecule has 5 heteroatoms. The second kappa shape index (κ2) is 5.28. The Morgan fingerprint density at radius 3 is 2.62 bits per heavy atom. The van der Waals surface area contributed by atoms with Crippen molar-refractivity contribution in [3.8, 4) is 5.75 Å². The fourth-order valence-corrected chi connectivity index (χ4v) is 2.09. The first-order valence-electron chi connectivity index (χ1n) is 6.39. The molecule has 1 amide bonds. The molecule has 1 aromatic heterocycles. The van der Waals surface area contributed by atoms with Gasteiger partial charge in [0.25, 0.3) is 5.91 Å². The first-order chi connectivity index (χ1) is 10.2. The lowest BCUT2D eigenvalue weighted by Gasteiger charge is -2.04. The molecular weight excluding hydrogens is 271 g/mol. The van der Waals surface area contributed by atoms with E-state index in [1.165, 1.54) is 12.1 Å². The topological polar surface area (TPSA) is 54.1 Å². The van der Waals surface area contributed by atoms with Crippen LogP contribution in [-0.2, 0) is 0 Å². The second-order valence-corrected chi connectivity index (χ2v) is 4.60. The number of aromatic nitrogens is 1. The van der Waals surface area contributed by atoms with Gasteiger partial charge in [-0.05, 0) is 48.5 Å². The van der Waals surface area contributed by atoms with Crippen molar-refractivity contribution in [2.24, 2.45) is 0 Å². The van der Waals surface area contributed by atoms with Crippen molar-refractivity contribution in [2.75, 3.05) is 12.4 Å². The predicted molar refractivity (Wildman–Crippen MR) is 79.2 cm³/mol. The molecule has 0 aliphatic carbocycles. The van der Waals surface area contributed by atoms with E-state index in [0.717, 1.165) is 5.39 Å². The van der Waals surface area contributed by atoms with Gasteiger partial charge >= 0.3 is 0 Å². The van der Waals surface area contributed by atoms with Crippen molar-refractivity contribution in [1.29, 1.82) is 0 Å². The maximum Gasteiger partial charge on any atom is 0.272 e. The number of benzene rings is 2. The number of carbonyl (C=O) groups excluding carboxylic acids is 1. The smallest absolute Gasteiger partial charge is 0.272 e. The van der Waals surface area contributed by atoms with E-state index in [9.17, 15) is 9.18 Å². The highest BCUT2D eigenvalue weighted by atomic mass is 19.1. The second-order valence-electron chi connectivity index (χ2n) is 4.60. The Hall–Kier alpha value is -2.82. The van der Waals surface area contributed by atoms with Crippen molar-refractivity contribution in [1.82, 2.24) is 4.98 Å². The van der Waals surface area contributed by atoms with Crippen LogP contribution in [0.1, 0.15) is 10.5 Å². The summed E-state index contributed by atoms with van der Waals surface area (Å²) < 4.78 is 18.2. The Morgan fingerprint density at radius 2 is 1.90 bits per heavy atom. The van der Waals surface area contributed by atoms with Gasteiger partial charge in [-0.2, -0.15) is 0 Å². The first-order valence-corrected chi connectivity index (χ1v) is 6.39. The molecule has 4 nitrogen and oxygen atoms in total. The molecule has 0 aliphatic rings. The molecule has 0 unspecified atom stereocenters. The lowest BCUT2D eigenvalue weighted by atomic mass is 10.2. The van der Waals surface area contributed by atoms with E-state index in [-0.39, 0.29) is 11.7 Å². The van der Waals surface area contributed by atoms with Gasteiger partial charge in [0.1, 0.15) is 17.3 Å². The number of hydrogen-bond donors (Lipinski definition) is 2. The molecule has 0 spiro atoms. The Morgan fingerprint density at radius 1 is 1.14 bits per heavy atom. The van der Waals surface area contributed by atoms with Gasteiger partial charge in [0.15, 0.2) is 0 Å². The van der Waals surface area contributed by atoms with Crippen LogP contribution in [0, 0.1) is 5.82 Å². The van der Waals surface area contributed by atoms with Gasteiger partial charge < -0.3 is 15.0 Å². The molecular formula is C16H13FN2O2. The lowest BCUT2D eigenvalue weighted by Crippen LogP contribution is -2.12. The van der Waals surface area contributed by atoms with Crippen molar-refractivity contribution >= 4 is 22.5 Å². The van der Waals surface area contributed by atoms with Crippen LogP contribution < -0.4 is 10.1 Å². The molecule has 2 N–H and O–H groups in total. The number of anilines is 1. The van der Waals surface area contributed by atoms with Gasteiger partial charge in [-0.15, -0.1) is 0 Å². The van der Waals surface area contributed by atoms with Crippen LogP contribution in [0.5, 0.6) is 5.75 Å². The number of amides is 1. The number of H-pyrrole nitrogens is 1. The number of methoxy groups -OCH3 is 1. The third kappa shape index (κ3) is 2.72. The van der Waals surface area contributed by atoms with Crippen LogP contribution in [0.3, 0.4) is 0 Å². The summed E-state index contributed by atoms with van der Waals surface area (Å²) in [5, 5.41) is 3.55. The Bertz CT molecular complexity index is 794. The number of aromatic amines is 1. The average molecular weight is 284 g/mol. The summed E-state index contributed by atoms with van der Waals surface area (Å²) in [7, 11) is 1.58. The van der Waals surface area contributed by atoms with Crippen LogP contribution in [0.25, 0.3) is 10.9 Å². The Kier molecular flexibility index (Phi) is 3.31. The van der Waals surface area contributed by atoms with E-state index >= 15 is 0 Å². The number of fused-ring (bicyclic) bond motifs is 1. The zero-order valence-electron chi connectivity index (χ0n) is 11.3. The van der Waals surface area contributed by atoms with E-state index in [4.69, 9.17) is 4.74 Å². The molecule has 0 saturated heterocycles. The molecule has 106 valence electrons. The minimum absolute atomic E-state index is 0.281. The number of hydrogen-bond acceptors (Lipinski definition) is 2. The number of ether oxygens (including phenoxy) is 1. The van der Waals surface area contributed by atoms with Crippen LogP contribution in [0.2, 0.25) is 0 Å². The van der Waals surface area contributed by atoms with Crippen molar-refractivity contribution < 1.29 is 13.9 Å². The van der Waals surface area contributed by atoms with Crippen LogP contribution in [0.15, 0.2) is 48.5 Å². The quantitative estimate of drug-likeness (QED) is 0.772. The third-order valence-electron chi connectivity index (χ3n) is 3.18. The molecule has 21 heavy (non-hydrogen) atoms. The summed E-state index contributed by atoms with van der Waals surface area (Å²) in [6, 6.07) is 13.1. The molecule has 0 atom stereocenters. The molecule has 0 fully saturated rings. The first kappa shape index (κ1) is 13.2. The largest absolute Gasteiger partial charge is 0.497 e. The Labute approximate surface area is 120 Å². The Balaban J connectivity index is 1.82. The number of rotatable bonds is 3. The van der Waals surface area contributed by atoms with Gasteiger partial charge in [-0.25, -0.2) is 4.39 Å². The highest BCUT2D eigenvalue weighted by Gasteiger charge is 2.10. The van der Waals surface area contributed by atoms with E-state index < -0.39 is 0 Å². The monoisotopic (exact) mass is 284 g/mol. The summed E-state index contributed by atoms with van der Waals surface area (Å²) in [5.41, 5.74) is 1.63. The van der Waals surface area contributed by atoms with Crippen molar-refractivity contribution in [3.05, 3.63) is 60.0 Å². The lowest BCUT2D eigenvalue weighted by molar-refractivity contribution is 0.102. The van der Waals surface area contributed by atoms with E-state index in [2.05, 4.69) is 10.3 Å². The van der Waals surface area contributed by atoms with Gasteiger partial charge in [0.2, 0.25) is 0 Å². The predicted octanol–water partition coefficient (Wildman–Crippen LogP) is 3.57. The van der Waals surface area contributed by atoms with Crippen LogP contribution >= 0.6 is 0 Å². The summed E-state index contributed by atoms with van der Waals surface area (Å²) >= 11 is 0. The van der Waals surface area contributed by atoms with E-state index in [0.29, 0.717) is 22.6 Å². The maximum absolute atomic E-state index is 13.1. The highest BCUT2D eigenvalue weighted by Crippen LogP contribution is 2.19. The molecule has 0 aliphatic heterocycles. The summed E-state index contributed by atoms with van der Waals surface area (Å²) in [4.78, 5) is 15.1. The number of nitrogens with one attached hydrogen (secondary N) is 2. The SMILES string of the molecule is COc1ccc(NC(=O)c2cc3ccc(F)cc3[nH]2)cc1. The third-order valence-corrected chi connectivity index (χ3v) is 3.18. The molecule has 3 rings (SSSR count). The maximum atomic E-state index is 13.1. The average Bonchev–Trinajstić information content (AvgIpc) is 2.91. The molecule has 1 heterocycles. The van der Waals surface area contributed by atoms with Crippen molar-refractivity contribution in [2.45, 2.75) is 0 Å². The molecule has 3 aromatic rings. The molecule has 0 saturated carbocycles. The summed E-state index contributed by atoms with van der Waals surface area (Å²) in [6.07, 6.45) is 0. The normalized spacial score (nSPS) is 10.6.